The number of carbonyl (C=O) groups is 2. The molecule has 0 fully saturated rings. The highest BCUT2D eigenvalue weighted by atomic mass is 32.2. The summed E-state index contributed by atoms with van der Waals surface area (Å²) in [4.78, 5) is 25.4. The van der Waals surface area contributed by atoms with Gasteiger partial charge in [0, 0.05) is 22.7 Å². The number of hydrogen-bond donors (Lipinski definition) is 4. The minimum atomic E-state index is -4.09. The van der Waals surface area contributed by atoms with Crippen LogP contribution in [0.2, 0.25) is 0 Å². The Bertz CT molecular complexity index is 2070. The number of urea groups is 2. The van der Waals surface area contributed by atoms with Crippen LogP contribution in [0.5, 0.6) is 23.0 Å². The molecule has 5 rings (SSSR count). The predicted molar refractivity (Wildman–Crippen MR) is 191 cm³/mol. The standard InChI is InChI=1S/C35H32N4O10S2/c1-23-32(38-34(40)36-24-7-11-28(12-8-24)48-50(42,43)30-19-15-26(46-2)16-20-30)5-4-6-33(23)39-35(41)37-25-9-13-29(14-10-25)49-51(44,45)31-21-17-27(47-3)18-22-31/h4-22H,1-3H3,(H2,36,38,40)(H2,37,39,41). The third-order valence-corrected chi connectivity index (χ3v) is 9.69. The highest BCUT2D eigenvalue weighted by molar-refractivity contribution is 7.87. The van der Waals surface area contributed by atoms with Gasteiger partial charge in [-0.15, -0.1) is 0 Å². The monoisotopic (exact) mass is 732 g/mol. The van der Waals surface area contributed by atoms with Crippen LogP contribution in [0, 0.1) is 6.92 Å². The fourth-order valence-electron chi connectivity index (χ4n) is 4.50. The SMILES string of the molecule is COc1ccc(S(=O)(=O)Oc2ccc(NC(=O)Nc3cccc(NC(=O)Nc4ccc(OS(=O)(=O)c5ccc(OC)cc5)cc4)c3C)cc2)cc1. The molecule has 0 aliphatic heterocycles. The van der Waals surface area contributed by atoms with Gasteiger partial charge in [-0.25, -0.2) is 9.59 Å². The number of hydrogen-bond acceptors (Lipinski definition) is 10. The molecule has 0 saturated heterocycles. The number of anilines is 4. The minimum Gasteiger partial charge on any atom is -0.497 e. The van der Waals surface area contributed by atoms with E-state index in [9.17, 15) is 26.4 Å². The first-order valence-corrected chi connectivity index (χ1v) is 17.8. The average Bonchev–Trinajstić information content (AvgIpc) is 3.11. The number of rotatable bonds is 12. The average molecular weight is 733 g/mol. The number of benzene rings is 5. The van der Waals surface area contributed by atoms with E-state index in [1.807, 2.05) is 0 Å². The molecule has 51 heavy (non-hydrogen) atoms. The van der Waals surface area contributed by atoms with Gasteiger partial charge >= 0.3 is 32.3 Å². The van der Waals surface area contributed by atoms with E-state index >= 15 is 0 Å². The summed E-state index contributed by atoms with van der Waals surface area (Å²) in [6, 6.07) is 26.8. The van der Waals surface area contributed by atoms with E-state index in [0.717, 1.165) is 0 Å². The van der Waals surface area contributed by atoms with E-state index in [1.165, 1.54) is 111 Å². The van der Waals surface area contributed by atoms with Crippen LogP contribution < -0.4 is 39.1 Å². The highest BCUT2D eigenvalue weighted by Gasteiger charge is 2.18. The molecule has 5 aromatic carbocycles. The molecule has 16 heteroatoms. The first-order valence-electron chi connectivity index (χ1n) is 15.0. The maximum Gasteiger partial charge on any atom is 0.339 e. The second kappa shape index (κ2) is 15.5. The van der Waals surface area contributed by atoms with Crippen molar-refractivity contribution in [1.82, 2.24) is 0 Å². The molecule has 0 aliphatic rings. The normalized spacial score (nSPS) is 11.1. The van der Waals surface area contributed by atoms with Crippen LogP contribution in [-0.4, -0.2) is 43.1 Å². The molecular weight excluding hydrogens is 701 g/mol. The molecule has 0 aromatic heterocycles. The molecule has 0 unspecified atom stereocenters. The first kappa shape index (κ1) is 36.0. The third kappa shape index (κ3) is 9.46. The molecule has 4 N–H and O–H groups in total. The van der Waals surface area contributed by atoms with Crippen LogP contribution >= 0.6 is 0 Å². The fraction of sp³-hybridized carbons (Fsp3) is 0.0857. The van der Waals surface area contributed by atoms with Gasteiger partial charge in [-0.05, 0) is 122 Å². The molecule has 264 valence electrons. The number of carbonyl (C=O) groups excluding carboxylic acids is 2. The highest BCUT2D eigenvalue weighted by Crippen LogP contribution is 2.26. The lowest BCUT2D eigenvalue weighted by Crippen LogP contribution is -2.22. The molecule has 14 nitrogen and oxygen atoms in total. The Kier molecular flexibility index (Phi) is 11.0. The van der Waals surface area contributed by atoms with Gasteiger partial charge in [0.05, 0.1) is 14.2 Å². The summed E-state index contributed by atoms with van der Waals surface area (Å²) in [5.41, 5.74) is 2.11. The van der Waals surface area contributed by atoms with Crippen LogP contribution in [0.15, 0.2) is 125 Å². The van der Waals surface area contributed by atoms with Crippen molar-refractivity contribution in [3.8, 4) is 23.0 Å². The summed E-state index contributed by atoms with van der Waals surface area (Å²) in [5, 5.41) is 10.8. The summed E-state index contributed by atoms with van der Waals surface area (Å²) in [6.45, 7) is 1.70. The van der Waals surface area contributed by atoms with Crippen molar-refractivity contribution in [2.24, 2.45) is 0 Å². The van der Waals surface area contributed by atoms with Crippen molar-refractivity contribution in [1.29, 1.82) is 0 Å². The zero-order valence-electron chi connectivity index (χ0n) is 27.4. The lowest BCUT2D eigenvalue weighted by molar-refractivity contribution is 0.261. The smallest absolute Gasteiger partial charge is 0.339 e. The van der Waals surface area contributed by atoms with Gasteiger partial charge in [0.15, 0.2) is 0 Å². The molecular formula is C35H32N4O10S2. The lowest BCUT2D eigenvalue weighted by atomic mass is 10.1. The van der Waals surface area contributed by atoms with Crippen molar-refractivity contribution in [3.05, 3.63) is 121 Å². The predicted octanol–water partition coefficient (Wildman–Crippen LogP) is 6.84. The molecule has 4 amide bonds. The maximum atomic E-state index is 12.8. The van der Waals surface area contributed by atoms with E-state index in [2.05, 4.69) is 21.3 Å². The Labute approximate surface area is 294 Å². The van der Waals surface area contributed by atoms with Crippen LogP contribution in [0.3, 0.4) is 0 Å². The van der Waals surface area contributed by atoms with E-state index in [0.29, 0.717) is 39.8 Å². The van der Waals surface area contributed by atoms with Crippen molar-refractivity contribution in [2.75, 3.05) is 35.5 Å². The summed E-state index contributed by atoms with van der Waals surface area (Å²) in [5.74, 6) is 1.10. The zero-order valence-corrected chi connectivity index (χ0v) is 29.0. The van der Waals surface area contributed by atoms with E-state index < -0.39 is 32.3 Å². The Balaban J connectivity index is 1.13. The molecule has 0 heterocycles. The van der Waals surface area contributed by atoms with Gasteiger partial charge in [0.2, 0.25) is 0 Å². The van der Waals surface area contributed by atoms with Crippen LogP contribution in [0.4, 0.5) is 32.3 Å². The van der Waals surface area contributed by atoms with Crippen molar-refractivity contribution >= 4 is 55.0 Å². The maximum absolute atomic E-state index is 12.8. The van der Waals surface area contributed by atoms with E-state index in [4.69, 9.17) is 17.8 Å². The zero-order chi connectivity index (χ0) is 36.6. The Morgan fingerprint density at radius 1 is 0.471 bits per heavy atom. The fourth-order valence-corrected chi connectivity index (χ4v) is 6.36. The largest absolute Gasteiger partial charge is 0.497 e. The van der Waals surface area contributed by atoms with E-state index in [-0.39, 0.29) is 21.3 Å². The number of methoxy groups -OCH3 is 2. The summed E-state index contributed by atoms with van der Waals surface area (Å²) < 4.78 is 70.9. The minimum absolute atomic E-state index is 0.0461. The molecule has 0 spiro atoms. The topological polar surface area (TPSA) is 187 Å². The quantitative estimate of drug-likeness (QED) is 0.0990. The molecule has 0 bridgehead atoms. The van der Waals surface area contributed by atoms with Crippen molar-refractivity contribution in [3.63, 3.8) is 0 Å². The molecule has 0 saturated carbocycles. The third-order valence-electron chi connectivity index (χ3n) is 7.16. The van der Waals surface area contributed by atoms with E-state index in [1.54, 1.807) is 25.1 Å². The number of ether oxygens (including phenoxy) is 2. The van der Waals surface area contributed by atoms with Crippen LogP contribution in [-0.2, 0) is 20.2 Å². The second-order valence-corrected chi connectivity index (χ2v) is 13.7. The Morgan fingerprint density at radius 2 is 0.804 bits per heavy atom. The summed E-state index contributed by atoms with van der Waals surface area (Å²) in [7, 11) is -5.23. The van der Waals surface area contributed by atoms with Crippen LogP contribution in [0.1, 0.15) is 5.56 Å². The van der Waals surface area contributed by atoms with Gasteiger partial charge in [-0.2, -0.15) is 16.8 Å². The van der Waals surface area contributed by atoms with Gasteiger partial charge < -0.3 is 39.1 Å². The molecule has 0 atom stereocenters. The first-order chi connectivity index (χ1) is 24.3. The molecule has 0 radical (unpaired) electrons. The molecule has 0 aliphatic carbocycles. The van der Waals surface area contributed by atoms with Crippen LogP contribution in [0.25, 0.3) is 0 Å². The lowest BCUT2D eigenvalue weighted by Gasteiger charge is -2.15. The number of amides is 4. The van der Waals surface area contributed by atoms with Gasteiger partial charge in [-0.1, -0.05) is 6.07 Å². The summed E-state index contributed by atoms with van der Waals surface area (Å²) in [6.07, 6.45) is 0. The van der Waals surface area contributed by atoms with Crippen molar-refractivity contribution in [2.45, 2.75) is 16.7 Å². The Morgan fingerprint density at radius 3 is 1.14 bits per heavy atom. The van der Waals surface area contributed by atoms with Crippen molar-refractivity contribution < 1.29 is 44.3 Å². The summed E-state index contributed by atoms with van der Waals surface area (Å²) >= 11 is 0. The van der Waals surface area contributed by atoms with Gasteiger partial charge in [-0.3, -0.25) is 0 Å². The van der Waals surface area contributed by atoms with Gasteiger partial charge in [0.1, 0.15) is 32.8 Å². The van der Waals surface area contributed by atoms with Gasteiger partial charge in [0.25, 0.3) is 0 Å². The second-order valence-electron chi connectivity index (χ2n) is 10.6. The molecule has 5 aromatic rings. The number of nitrogens with one attached hydrogen (secondary N) is 4. The Hall–Kier alpha value is -6.26.